The molecule has 0 aliphatic carbocycles. The number of hydrogen-bond donors (Lipinski definition) is 1. The van der Waals surface area contributed by atoms with Crippen LogP contribution in [0.15, 0.2) is 82.8 Å². The molecule has 0 saturated heterocycles. The van der Waals surface area contributed by atoms with E-state index in [4.69, 9.17) is 15.8 Å². The summed E-state index contributed by atoms with van der Waals surface area (Å²) in [4.78, 5) is 1.51. The Morgan fingerprint density at radius 3 is 2.26 bits per heavy atom. The largest absolute Gasteiger partial charge is 0.416 e. The topological polar surface area (TPSA) is 102 Å². The summed E-state index contributed by atoms with van der Waals surface area (Å²) in [5.74, 6) is -0.606. The molecule has 0 aromatic heterocycles. The van der Waals surface area contributed by atoms with E-state index >= 15 is 0 Å². The number of benzene rings is 3. The Hall–Kier alpha value is -3.09. The number of hydrogen-bond acceptors (Lipinski definition) is 6. The number of nitrogens with one attached hydrogen (secondary N) is 1. The van der Waals surface area contributed by atoms with Crippen LogP contribution < -0.4 is 9.01 Å². The van der Waals surface area contributed by atoms with Gasteiger partial charge in [0.1, 0.15) is 4.90 Å². The molecule has 0 aliphatic heterocycles. The molecule has 0 amide bonds. The summed E-state index contributed by atoms with van der Waals surface area (Å²) in [5.41, 5.74) is -0.478. The average molecular weight is 533 g/mol. The summed E-state index contributed by atoms with van der Waals surface area (Å²) in [6.07, 6.45) is -3.58. The minimum Gasteiger partial charge on any atom is -0.378 e. The molecule has 3 aromatic rings. The zero-order chi connectivity index (χ0) is 25.0. The molecular formula is C21H16ClF3N2O5S2. The van der Waals surface area contributed by atoms with Crippen LogP contribution in [0.3, 0.4) is 0 Å². The second-order valence-electron chi connectivity index (χ2n) is 6.84. The van der Waals surface area contributed by atoms with Crippen molar-refractivity contribution in [1.29, 1.82) is 0 Å². The van der Waals surface area contributed by atoms with E-state index in [1.54, 1.807) is 18.2 Å². The van der Waals surface area contributed by atoms with Gasteiger partial charge >= 0.3 is 16.3 Å². The van der Waals surface area contributed by atoms with Gasteiger partial charge in [0.2, 0.25) is 0 Å². The van der Waals surface area contributed by atoms with Crippen LogP contribution in [0.2, 0.25) is 5.02 Å². The smallest absolute Gasteiger partial charge is 0.378 e. The van der Waals surface area contributed by atoms with Gasteiger partial charge in [0.15, 0.2) is 5.75 Å². The van der Waals surface area contributed by atoms with Crippen LogP contribution in [-0.2, 0) is 32.1 Å². The number of hydrazone groups is 1. The van der Waals surface area contributed by atoms with Gasteiger partial charge in [-0.25, -0.2) is 13.2 Å². The highest BCUT2D eigenvalue weighted by atomic mass is 35.5. The van der Waals surface area contributed by atoms with Gasteiger partial charge in [-0.1, -0.05) is 35.9 Å². The molecule has 0 aliphatic rings. The number of rotatable bonds is 8. The van der Waals surface area contributed by atoms with Crippen molar-refractivity contribution in [2.24, 2.45) is 5.10 Å². The summed E-state index contributed by atoms with van der Waals surface area (Å²) >= 11 is 5.84. The lowest BCUT2D eigenvalue weighted by Gasteiger charge is -2.11. The summed E-state index contributed by atoms with van der Waals surface area (Å²) < 4.78 is 92.6. The molecular weight excluding hydrogens is 517 g/mol. The van der Waals surface area contributed by atoms with Crippen molar-refractivity contribution < 1.29 is 34.2 Å². The maximum Gasteiger partial charge on any atom is 0.416 e. The Morgan fingerprint density at radius 1 is 0.941 bits per heavy atom. The highest BCUT2D eigenvalue weighted by Crippen LogP contribution is 2.30. The van der Waals surface area contributed by atoms with E-state index in [1.165, 1.54) is 30.3 Å². The maximum atomic E-state index is 12.7. The molecule has 34 heavy (non-hydrogen) atoms. The predicted molar refractivity (Wildman–Crippen MR) is 121 cm³/mol. The fraction of sp³-hybridized carbons (Fsp3) is 0.0952. The SMILES string of the molecule is O=S(=O)(Cc1cccc(Cl)c1)N/N=C/c1ccccc1OS(=O)(=O)c1ccc(C(F)(F)F)cc1. The number of nitrogens with zero attached hydrogens (tertiary/aromatic N) is 1. The second kappa shape index (κ2) is 10.0. The number of sulfonamides is 1. The van der Waals surface area contributed by atoms with Crippen LogP contribution in [0.1, 0.15) is 16.7 Å². The van der Waals surface area contributed by atoms with Gasteiger partial charge in [-0.3, -0.25) is 0 Å². The van der Waals surface area contributed by atoms with Crippen LogP contribution in [-0.4, -0.2) is 23.1 Å². The zero-order valence-electron chi connectivity index (χ0n) is 17.0. The Bertz CT molecular complexity index is 1410. The molecule has 180 valence electrons. The van der Waals surface area contributed by atoms with Gasteiger partial charge < -0.3 is 4.18 Å². The van der Waals surface area contributed by atoms with Crippen molar-refractivity contribution >= 4 is 38.0 Å². The minimum atomic E-state index is -4.62. The van der Waals surface area contributed by atoms with E-state index in [9.17, 15) is 30.0 Å². The van der Waals surface area contributed by atoms with E-state index in [-0.39, 0.29) is 11.3 Å². The third kappa shape index (κ3) is 6.95. The van der Waals surface area contributed by atoms with E-state index in [0.717, 1.165) is 18.3 Å². The van der Waals surface area contributed by atoms with Crippen molar-refractivity contribution in [3.05, 3.63) is 94.5 Å². The molecule has 7 nitrogen and oxygen atoms in total. The summed E-state index contributed by atoms with van der Waals surface area (Å²) in [6.45, 7) is 0. The molecule has 0 fully saturated rings. The molecule has 0 bridgehead atoms. The highest BCUT2D eigenvalue weighted by Gasteiger charge is 2.31. The predicted octanol–water partition coefficient (Wildman–Crippen LogP) is 4.58. The van der Waals surface area contributed by atoms with Crippen molar-refractivity contribution in [2.45, 2.75) is 16.8 Å². The summed E-state index contributed by atoms with van der Waals surface area (Å²) in [5, 5.41) is 4.01. The van der Waals surface area contributed by atoms with Crippen LogP contribution in [0.5, 0.6) is 5.75 Å². The monoisotopic (exact) mass is 532 g/mol. The molecule has 0 heterocycles. The third-order valence-electron chi connectivity index (χ3n) is 4.23. The van der Waals surface area contributed by atoms with E-state index in [1.807, 2.05) is 4.83 Å². The van der Waals surface area contributed by atoms with Crippen LogP contribution in [0.4, 0.5) is 13.2 Å². The zero-order valence-corrected chi connectivity index (χ0v) is 19.4. The fourth-order valence-corrected chi connectivity index (χ4v) is 4.76. The molecule has 3 aromatic carbocycles. The van der Waals surface area contributed by atoms with Gasteiger partial charge in [0.25, 0.3) is 10.0 Å². The van der Waals surface area contributed by atoms with Crippen molar-refractivity contribution in [3.63, 3.8) is 0 Å². The Kier molecular flexibility index (Phi) is 7.54. The summed E-state index contributed by atoms with van der Waals surface area (Å²) in [6, 6.07) is 14.7. The van der Waals surface area contributed by atoms with Crippen molar-refractivity contribution in [3.8, 4) is 5.75 Å². The van der Waals surface area contributed by atoms with Gasteiger partial charge in [-0.05, 0) is 54.1 Å². The lowest BCUT2D eigenvalue weighted by Crippen LogP contribution is -2.20. The fourth-order valence-electron chi connectivity index (χ4n) is 2.69. The second-order valence-corrected chi connectivity index (χ2v) is 10.5. The first-order valence-electron chi connectivity index (χ1n) is 9.33. The standard InChI is InChI=1S/C21H16ClF3N2O5S2/c22-18-6-3-4-15(12-18)14-33(28,29)27-26-13-16-5-1-2-7-20(16)32-34(30,31)19-10-8-17(9-11-19)21(23,24)25/h1-13,27H,14H2/b26-13+. The van der Waals surface area contributed by atoms with Gasteiger partial charge in [-0.15, -0.1) is 0 Å². The van der Waals surface area contributed by atoms with Crippen molar-refractivity contribution in [1.82, 2.24) is 4.83 Å². The first-order valence-corrected chi connectivity index (χ1v) is 12.8. The average Bonchev–Trinajstić information content (AvgIpc) is 2.74. The quantitative estimate of drug-likeness (QED) is 0.260. The molecule has 1 N–H and O–H groups in total. The van der Waals surface area contributed by atoms with Gasteiger partial charge in [-0.2, -0.15) is 26.7 Å². The van der Waals surface area contributed by atoms with E-state index in [0.29, 0.717) is 22.7 Å². The molecule has 0 atom stereocenters. The third-order valence-corrected chi connectivity index (χ3v) is 6.81. The lowest BCUT2D eigenvalue weighted by atomic mass is 10.2. The Labute approximate surface area is 199 Å². The minimum absolute atomic E-state index is 0.100. The molecule has 0 saturated carbocycles. The van der Waals surface area contributed by atoms with Gasteiger partial charge in [0.05, 0.1) is 17.5 Å². The maximum absolute atomic E-state index is 12.7. The molecule has 3 rings (SSSR count). The number of halogens is 4. The van der Waals surface area contributed by atoms with Gasteiger partial charge in [0, 0.05) is 10.6 Å². The van der Waals surface area contributed by atoms with Crippen molar-refractivity contribution in [2.75, 3.05) is 0 Å². The Balaban J connectivity index is 1.74. The normalized spacial score (nSPS) is 12.6. The van der Waals surface area contributed by atoms with Crippen LogP contribution in [0.25, 0.3) is 0 Å². The number of alkyl halides is 3. The molecule has 13 heteroatoms. The Morgan fingerprint density at radius 2 is 1.62 bits per heavy atom. The number of para-hydroxylation sites is 1. The summed E-state index contributed by atoms with van der Waals surface area (Å²) in [7, 11) is -8.36. The van der Waals surface area contributed by atoms with E-state index < -0.39 is 42.5 Å². The van der Waals surface area contributed by atoms with Crippen LogP contribution in [0, 0.1) is 0 Å². The molecule has 0 radical (unpaired) electrons. The molecule has 0 spiro atoms. The first-order chi connectivity index (χ1) is 15.9. The highest BCUT2D eigenvalue weighted by molar-refractivity contribution is 7.88. The molecule has 0 unspecified atom stereocenters. The van der Waals surface area contributed by atoms with Crippen LogP contribution >= 0.6 is 11.6 Å². The lowest BCUT2D eigenvalue weighted by molar-refractivity contribution is -0.137. The first kappa shape index (κ1) is 25.5. The van der Waals surface area contributed by atoms with E-state index in [2.05, 4.69) is 5.10 Å².